The number of carboxylic acids is 2. The fourth-order valence-electron chi connectivity index (χ4n) is 3.40. The van der Waals surface area contributed by atoms with Crippen LogP contribution in [0, 0.1) is 13.8 Å². The molecule has 1 aromatic carbocycles. The van der Waals surface area contributed by atoms with Crippen molar-refractivity contribution in [3.8, 4) is 5.75 Å². The number of rotatable bonds is 14. The molecule has 0 bridgehead atoms. The molecular formula is C22H34O5. The van der Waals surface area contributed by atoms with E-state index in [-0.39, 0.29) is 11.1 Å². The van der Waals surface area contributed by atoms with Gasteiger partial charge in [-0.25, -0.2) is 9.59 Å². The Hall–Kier alpha value is -2.04. The SMILES string of the molecule is CCCCCCCCCCCCOc1c(C)cc(C(=O)O)c(C(=O)O)c1C. The maximum Gasteiger partial charge on any atom is 0.336 e. The summed E-state index contributed by atoms with van der Waals surface area (Å²) < 4.78 is 5.81. The van der Waals surface area contributed by atoms with E-state index in [0.29, 0.717) is 23.5 Å². The third kappa shape index (κ3) is 7.61. The molecule has 0 spiro atoms. The summed E-state index contributed by atoms with van der Waals surface area (Å²) in [6, 6.07) is 1.38. The molecular weight excluding hydrogens is 344 g/mol. The average molecular weight is 379 g/mol. The first-order valence-corrected chi connectivity index (χ1v) is 10.1. The summed E-state index contributed by atoms with van der Waals surface area (Å²) >= 11 is 0. The fourth-order valence-corrected chi connectivity index (χ4v) is 3.40. The minimum atomic E-state index is -1.24. The predicted octanol–water partition coefficient (Wildman–Crippen LogP) is 6.00. The lowest BCUT2D eigenvalue weighted by Gasteiger charge is -2.16. The highest BCUT2D eigenvalue weighted by atomic mass is 16.5. The van der Waals surface area contributed by atoms with E-state index in [1.807, 2.05) is 0 Å². The van der Waals surface area contributed by atoms with E-state index in [9.17, 15) is 19.8 Å². The number of benzene rings is 1. The van der Waals surface area contributed by atoms with Crippen LogP contribution in [-0.4, -0.2) is 28.8 Å². The largest absolute Gasteiger partial charge is 0.493 e. The third-order valence-electron chi connectivity index (χ3n) is 4.89. The van der Waals surface area contributed by atoms with Gasteiger partial charge >= 0.3 is 11.9 Å². The molecule has 0 fully saturated rings. The number of unbranched alkanes of at least 4 members (excludes halogenated alkanes) is 9. The second-order valence-electron chi connectivity index (χ2n) is 7.21. The van der Waals surface area contributed by atoms with Crippen LogP contribution in [0.1, 0.15) is 103 Å². The van der Waals surface area contributed by atoms with Gasteiger partial charge in [-0.05, 0) is 31.9 Å². The number of aryl methyl sites for hydroxylation is 1. The van der Waals surface area contributed by atoms with E-state index in [0.717, 1.165) is 12.8 Å². The number of hydrogen-bond acceptors (Lipinski definition) is 3. The van der Waals surface area contributed by atoms with Gasteiger partial charge in [-0.3, -0.25) is 0 Å². The molecule has 0 saturated carbocycles. The second kappa shape index (κ2) is 12.4. The van der Waals surface area contributed by atoms with Gasteiger partial charge in [0, 0.05) is 5.56 Å². The molecule has 5 heteroatoms. The molecule has 0 unspecified atom stereocenters. The van der Waals surface area contributed by atoms with Crippen LogP contribution in [0.2, 0.25) is 0 Å². The van der Waals surface area contributed by atoms with Crippen molar-refractivity contribution in [1.29, 1.82) is 0 Å². The molecule has 5 nitrogen and oxygen atoms in total. The van der Waals surface area contributed by atoms with Crippen LogP contribution in [0.25, 0.3) is 0 Å². The number of ether oxygens (including phenoxy) is 1. The summed E-state index contributed by atoms with van der Waals surface area (Å²) in [6.07, 6.45) is 12.4. The van der Waals surface area contributed by atoms with Crippen molar-refractivity contribution in [2.75, 3.05) is 6.61 Å². The predicted molar refractivity (Wildman–Crippen MR) is 107 cm³/mol. The van der Waals surface area contributed by atoms with Crippen molar-refractivity contribution in [3.63, 3.8) is 0 Å². The zero-order valence-electron chi connectivity index (χ0n) is 17.0. The molecule has 0 radical (unpaired) electrons. The van der Waals surface area contributed by atoms with E-state index < -0.39 is 11.9 Å². The van der Waals surface area contributed by atoms with Crippen molar-refractivity contribution in [3.05, 3.63) is 28.3 Å². The standard InChI is InChI=1S/C22H34O5/c1-4-5-6-7-8-9-10-11-12-13-14-27-20-16(2)15-18(21(23)24)19(17(20)3)22(25)26/h15H,4-14H2,1-3H3,(H,23,24)(H,25,26). The summed E-state index contributed by atoms with van der Waals surface area (Å²) in [5.74, 6) is -1.98. The number of hydrogen-bond donors (Lipinski definition) is 2. The molecule has 0 saturated heterocycles. The van der Waals surface area contributed by atoms with E-state index in [1.54, 1.807) is 13.8 Å². The molecule has 0 aliphatic rings. The Morgan fingerprint density at radius 2 is 1.37 bits per heavy atom. The van der Waals surface area contributed by atoms with E-state index in [1.165, 1.54) is 57.4 Å². The van der Waals surface area contributed by atoms with Gasteiger partial charge in [0.2, 0.25) is 0 Å². The molecule has 152 valence electrons. The third-order valence-corrected chi connectivity index (χ3v) is 4.89. The van der Waals surface area contributed by atoms with Crippen molar-refractivity contribution in [1.82, 2.24) is 0 Å². The first-order valence-electron chi connectivity index (χ1n) is 10.1. The van der Waals surface area contributed by atoms with Crippen molar-refractivity contribution in [2.24, 2.45) is 0 Å². The van der Waals surface area contributed by atoms with Crippen molar-refractivity contribution < 1.29 is 24.5 Å². The maximum atomic E-state index is 11.5. The summed E-state index contributed by atoms with van der Waals surface area (Å²) in [6.45, 7) is 6.10. The first-order chi connectivity index (χ1) is 12.9. The van der Waals surface area contributed by atoms with E-state index in [2.05, 4.69) is 6.92 Å². The molecule has 0 atom stereocenters. The van der Waals surface area contributed by atoms with Crippen LogP contribution in [0.3, 0.4) is 0 Å². The van der Waals surface area contributed by atoms with Crippen LogP contribution in [0.5, 0.6) is 5.75 Å². The van der Waals surface area contributed by atoms with Gasteiger partial charge in [0.25, 0.3) is 0 Å². The molecule has 0 heterocycles. The Balaban J connectivity index is 2.42. The van der Waals surface area contributed by atoms with Gasteiger partial charge < -0.3 is 14.9 Å². The molecule has 0 aliphatic carbocycles. The Labute approximate surface area is 162 Å². The Bertz CT molecular complexity index is 622. The molecule has 0 amide bonds. The van der Waals surface area contributed by atoms with Gasteiger partial charge in [0.1, 0.15) is 5.75 Å². The molecule has 1 aromatic rings. The molecule has 1 rings (SSSR count). The molecule has 0 aromatic heterocycles. The summed E-state index contributed by atoms with van der Waals surface area (Å²) in [4.78, 5) is 22.7. The van der Waals surface area contributed by atoms with E-state index in [4.69, 9.17) is 4.74 Å². The molecule has 27 heavy (non-hydrogen) atoms. The van der Waals surface area contributed by atoms with Crippen molar-refractivity contribution in [2.45, 2.75) is 85.0 Å². The minimum Gasteiger partial charge on any atom is -0.493 e. The van der Waals surface area contributed by atoms with Gasteiger partial charge in [0.05, 0.1) is 17.7 Å². The lowest BCUT2D eigenvalue weighted by Crippen LogP contribution is -2.13. The monoisotopic (exact) mass is 378 g/mol. The second-order valence-corrected chi connectivity index (χ2v) is 7.21. The lowest BCUT2D eigenvalue weighted by atomic mass is 9.97. The minimum absolute atomic E-state index is 0.189. The maximum absolute atomic E-state index is 11.5. The Morgan fingerprint density at radius 1 is 0.852 bits per heavy atom. The fraction of sp³-hybridized carbons (Fsp3) is 0.636. The molecule has 0 aliphatic heterocycles. The van der Waals surface area contributed by atoms with Crippen LogP contribution >= 0.6 is 0 Å². The smallest absolute Gasteiger partial charge is 0.336 e. The lowest BCUT2D eigenvalue weighted by molar-refractivity contribution is 0.0650. The Morgan fingerprint density at radius 3 is 1.85 bits per heavy atom. The highest BCUT2D eigenvalue weighted by molar-refractivity contribution is 6.03. The summed E-state index contributed by atoms with van der Waals surface area (Å²) in [5.41, 5.74) is 0.656. The van der Waals surface area contributed by atoms with Crippen LogP contribution in [0.4, 0.5) is 0 Å². The van der Waals surface area contributed by atoms with Crippen LogP contribution in [0.15, 0.2) is 6.07 Å². The van der Waals surface area contributed by atoms with Crippen molar-refractivity contribution >= 4 is 11.9 Å². The van der Waals surface area contributed by atoms with Crippen LogP contribution < -0.4 is 4.74 Å². The normalized spacial score (nSPS) is 10.8. The van der Waals surface area contributed by atoms with Gasteiger partial charge in [0.15, 0.2) is 0 Å². The van der Waals surface area contributed by atoms with E-state index >= 15 is 0 Å². The number of carbonyl (C=O) groups is 2. The zero-order chi connectivity index (χ0) is 20.2. The summed E-state index contributed by atoms with van der Waals surface area (Å²) in [5, 5.41) is 18.6. The quantitative estimate of drug-likeness (QED) is 0.388. The number of aromatic carboxylic acids is 2. The van der Waals surface area contributed by atoms with Gasteiger partial charge in [-0.1, -0.05) is 64.7 Å². The summed E-state index contributed by atoms with van der Waals surface area (Å²) in [7, 11) is 0. The average Bonchev–Trinajstić information content (AvgIpc) is 2.60. The highest BCUT2D eigenvalue weighted by Gasteiger charge is 2.23. The van der Waals surface area contributed by atoms with Gasteiger partial charge in [-0.2, -0.15) is 0 Å². The molecule has 2 N–H and O–H groups in total. The topological polar surface area (TPSA) is 83.8 Å². The first kappa shape index (κ1) is 23.0. The highest BCUT2D eigenvalue weighted by Crippen LogP contribution is 2.30. The Kier molecular flexibility index (Phi) is 10.5. The van der Waals surface area contributed by atoms with Gasteiger partial charge in [-0.15, -0.1) is 0 Å². The zero-order valence-corrected chi connectivity index (χ0v) is 17.0. The van der Waals surface area contributed by atoms with Crippen LogP contribution in [-0.2, 0) is 0 Å². The number of carboxylic acid groups (broad SMARTS) is 2.